The van der Waals surface area contributed by atoms with Gasteiger partial charge in [0.05, 0.1) is 5.69 Å². The first-order valence-corrected chi connectivity index (χ1v) is 8.11. The SMILES string of the molecule is CC(C)(C)C(=O)N1CCC(C(=O)Nc2ccc(Cl)cc2F)CC1. The van der Waals surface area contributed by atoms with Crippen LogP contribution >= 0.6 is 11.6 Å². The molecule has 0 atom stereocenters. The molecule has 1 fully saturated rings. The zero-order valence-electron chi connectivity index (χ0n) is 13.7. The first kappa shape index (κ1) is 17.7. The molecular formula is C17H22ClFN2O2. The Morgan fingerprint density at radius 2 is 1.87 bits per heavy atom. The number of carbonyl (C=O) groups excluding carboxylic acids is 2. The topological polar surface area (TPSA) is 49.4 Å². The molecule has 1 aliphatic rings. The maximum absolute atomic E-state index is 13.7. The Morgan fingerprint density at radius 3 is 2.39 bits per heavy atom. The average molecular weight is 341 g/mol. The quantitative estimate of drug-likeness (QED) is 0.892. The van der Waals surface area contributed by atoms with Gasteiger partial charge in [-0.15, -0.1) is 0 Å². The highest BCUT2D eigenvalue weighted by molar-refractivity contribution is 6.30. The van der Waals surface area contributed by atoms with Crippen molar-refractivity contribution in [1.29, 1.82) is 0 Å². The lowest BCUT2D eigenvalue weighted by atomic mass is 9.90. The van der Waals surface area contributed by atoms with Crippen LogP contribution in [0.1, 0.15) is 33.6 Å². The number of piperidine rings is 1. The molecule has 23 heavy (non-hydrogen) atoms. The molecule has 1 N–H and O–H groups in total. The molecule has 0 radical (unpaired) electrons. The second-order valence-electron chi connectivity index (χ2n) is 6.93. The number of hydrogen-bond acceptors (Lipinski definition) is 2. The van der Waals surface area contributed by atoms with Crippen LogP contribution in [0.25, 0.3) is 0 Å². The highest BCUT2D eigenvalue weighted by Crippen LogP contribution is 2.25. The number of nitrogens with zero attached hydrogens (tertiary/aromatic N) is 1. The van der Waals surface area contributed by atoms with Crippen LogP contribution in [0.5, 0.6) is 0 Å². The maximum Gasteiger partial charge on any atom is 0.227 e. The second kappa shape index (κ2) is 6.87. The fourth-order valence-corrected chi connectivity index (χ4v) is 2.80. The molecule has 0 aromatic heterocycles. The van der Waals surface area contributed by atoms with Crippen molar-refractivity contribution in [2.75, 3.05) is 18.4 Å². The minimum atomic E-state index is -0.550. The van der Waals surface area contributed by atoms with Gasteiger partial charge in [-0.3, -0.25) is 9.59 Å². The third kappa shape index (κ3) is 4.44. The molecule has 0 saturated carbocycles. The van der Waals surface area contributed by atoms with Crippen molar-refractivity contribution in [3.63, 3.8) is 0 Å². The molecule has 1 heterocycles. The molecule has 1 aromatic carbocycles. The Hall–Kier alpha value is -1.62. The monoisotopic (exact) mass is 340 g/mol. The number of hydrogen-bond donors (Lipinski definition) is 1. The summed E-state index contributed by atoms with van der Waals surface area (Å²) in [5.74, 6) is -0.880. The van der Waals surface area contributed by atoms with E-state index in [4.69, 9.17) is 11.6 Å². The average Bonchev–Trinajstić information content (AvgIpc) is 2.48. The molecule has 0 spiro atoms. The van der Waals surface area contributed by atoms with Crippen LogP contribution < -0.4 is 5.32 Å². The van der Waals surface area contributed by atoms with E-state index in [-0.39, 0.29) is 28.4 Å². The second-order valence-corrected chi connectivity index (χ2v) is 7.37. The molecular weight excluding hydrogens is 319 g/mol. The van der Waals surface area contributed by atoms with E-state index in [1.165, 1.54) is 18.2 Å². The van der Waals surface area contributed by atoms with E-state index in [0.29, 0.717) is 25.9 Å². The highest BCUT2D eigenvalue weighted by atomic mass is 35.5. The summed E-state index contributed by atoms with van der Waals surface area (Å²) in [5, 5.41) is 2.89. The molecule has 0 unspecified atom stereocenters. The normalized spacial score (nSPS) is 16.3. The highest BCUT2D eigenvalue weighted by Gasteiger charge is 2.32. The molecule has 126 valence electrons. The van der Waals surface area contributed by atoms with E-state index in [0.717, 1.165) is 0 Å². The smallest absolute Gasteiger partial charge is 0.227 e. The first-order valence-electron chi connectivity index (χ1n) is 7.74. The lowest BCUT2D eigenvalue weighted by Gasteiger charge is -2.35. The number of anilines is 1. The van der Waals surface area contributed by atoms with Gasteiger partial charge in [0, 0.05) is 29.4 Å². The van der Waals surface area contributed by atoms with Crippen LogP contribution in [0.4, 0.5) is 10.1 Å². The van der Waals surface area contributed by atoms with Gasteiger partial charge in [0.2, 0.25) is 11.8 Å². The zero-order valence-corrected chi connectivity index (χ0v) is 14.4. The Kier molecular flexibility index (Phi) is 5.30. The number of nitrogens with one attached hydrogen (secondary N) is 1. The minimum absolute atomic E-state index is 0.0973. The van der Waals surface area contributed by atoms with Gasteiger partial charge in [0.25, 0.3) is 0 Å². The van der Waals surface area contributed by atoms with Gasteiger partial charge >= 0.3 is 0 Å². The first-order chi connectivity index (χ1) is 10.7. The van der Waals surface area contributed by atoms with Crippen molar-refractivity contribution in [3.8, 4) is 0 Å². The predicted molar refractivity (Wildman–Crippen MR) is 88.8 cm³/mol. The summed E-state index contributed by atoms with van der Waals surface area (Å²) in [5.41, 5.74) is -0.283. The number of benzene rings is 1. The molecule has 4 nitrogen and oxygen atoms in total. The fourth-order valence-electron chi connectivity index (χ4n) is 2.64. The number of carbonyl (C=O) groups is 2. The standard InChI is InChI=1S/C17H22ClFN2O2/c1-17(2,3)16(23)21-8-6-11(7-9-21)15(22)20-14-5-4-12(18)10-13(14)19/h4-5,10-11H,6-9H2,1-3H3,(H,20,22). The van der Waals surface area contributed by atoms with Gasteiger partial charge < -0.3 is 10.2 Å². The number of rotatable bonds is 2. The molecule has 1 aliphatic heterocycles. The lowest BCUT2D eigenvalue weighted by molar-refractivity contribution is -0.142. The Labute approximate surface area is 141 Å². The Balaban J connectivity index is 1.92. The van der Waals surface area contributed by atoms with Crippen molar-refractivity contribution in [2.24, 2.45) is 11.3 Å². The zero-order chi connectivity index (χ0) is 17.2. The van der Waals surface area contributed by atoms with Crippen molar-refractivity contribution in [1.82, 2.24) is 4.90 Å². The summed E-state index contributed by atoms with van der Waals surface area (Å²) < 4.78 is 13.7. The molecule has 2 rings (SSSR count). The minimum Gasteiger partial charge on any atom is -0.342 e. The van der Waals surface area contributed by atoms with Gasteiger partial charge in [0.15, 0.2) is 0 Å². The van der Waals surface area contributed by atoms with Crippen LogP contribution in [0.15, 0.2) is 18.2 Å². The van der Waals surface area contributed by atoms with Crippen molar-refractivity contribution in [2.45, 2.75) is 33.6 Å². The third-order valence-electron chi connectivity index (χ3n) is 3.98. The van der Waals surface area contributed by atoms with Gasteiger partial charge in [-0.05, 0) is 31.0 Å². The summed E-state index contributed by atoms with van der Waals surface area (Å²) in [7, 11) is 0. The predicted octanol–water partition coefficient (Wildman–Crippen LogP) is 3.70. The number of amides is 2. The Bertz CT molecular complexity index is 605. The maximum atomic E-state index is 13.7. The van der Waals surface area contributed by atoms with E-state index in [9.17, 15) is 14.0 Å². The van der Waals surface area contributed by atoms with Crippen molar-refractivity contribution in [3.05, 3.63) is 29.0 Å². The van der Waals surface area contributed by atoms with Crippen molar-refractivity contribution < 1.29 is 14.0 Å². The van der Waals surface area contributed by atoms with Crippen molar-refractivity contribution >= 4 is 29.1 Å². The van der Waals surface area contributed by atoms with E-state index in [1.54, 1.807) is 4.90 Å². The van der Waals surface area contributed by atoms with E-state index >= 15 is 0 Å². The Morgan fingerprint density at radius 1 is 1.26 bits per heavy atom. The fraction of sp³-hybridized carbons (Fsp3) is 0.529. The van der Waals surface area contributed by atoms with E-state index in [2.05, 4.69) is 5.32 Å². The molecule has 0 bridgehead atoms. The molecule has 1 saturated heterocycles. The van der Waals surface area contributed by atoms with Gasteiger partial charge in [-0.2, -0.15) is 0 Å². The van der Waals surface area contributed by atoms with Gasteiger partial charge in [-0.25, -0.2) is 4.39 Å². The molecule has 0 aliphatic carbocycles. The van der Waals surface area contributed by atoms with Gasteiger partial charge in [0.1, 0.15) is 5.82 Å². The van der Waals surface area contributed by atoms with Crippen LogP contribution in [0.2, 0.25) is 5.02 Å². The summed E-state index contributed by atoms with van der Waals surface area (Å²) in [6.07, 6.45) is 1.17. The van der Waals surface area contributed by atoms with Gasteiger partial charge in [-0.1, -0.05) is 32.4 Å². The molecule has 2 amide bonds. The summed E-state index contributed by atoms with van der Waals surface area (Å²) in [6, 6.07) is 4.15. The largest absolute Gasteiger partial charge is 0.342 e. The van der Waals surface area contributed by atoms with Crippen LogP contribution in [-0.4, -0.2) is 29.8 Å². The third-order valence-corrected chi connectivity index (χ3v) is 4.22. The van der Waals surface area contributed by atoms with Crippen LogP contribution in [-0.2, 0) is 9.59 Å². The number of halogens is 2. The van der Waals surface area contributed by atoms with Crippen LogP contribution in [0.3, 0.4) is 0 Å². The summed E-state index contributed by atoms with van der Waals surface area (Å²) in [4.78, 5) is 26.3. The summed E-state index contributed by atoms with van der Waals surface area (Å²) >= 11 is 5.69. The van der Waals surface area contributed by atoms with Crippen LogP contribution in [0, 0.1) is 17.2 Å². The molecule has 6 heteroatoms. The van der Waals surface area contributed by atoms with E-state index in [1.807, 2.05) is 20.8 Å². The lowest BCUT2D eigenvalue weighted by Crippen LogP contribution is -2.45. The summed E-state index contributed by atoms with van der Waals surface area (Å²) in [6.45, 7) is 6.76. The number of likely N-dealkylation sites (tertiary alicyclic amines) is 1. The molecule has 1 aromatic rings. The van der Waals surface area contributed by atoms with E-state index < -0.39 is 11.2 Å².